The highest BCUT2D eigenvalue weighted by Crippen LogP contribution is 2.44. The molecule has 0 amide bonds. The van der Waals surface area contributed by atoms with Gasteiger partial charge in [-0.3, -0.25) is 9.55 Å². The molecular weight excluding hydrogens is 391 g/mol. The third-order valence-corrected chi connectivity index (χ3v) is 9.63. The zero-order valence-corrected chi connectivity index (χ0v) is 19.1. The number of benzene rings is 2. The van der Waals surface area contributed by atoms with Gasteiger partial charge in [-0.05, 0) is 47.2 Å². The quantitative estimate of drug-likeness (QED) is 0.325. The van der Waals surface area contributed by atoms with E-state index in [1.165, 1.54) is 0 Å². The Morgan fingerprint density at radius 2 is 1.41 bits per heavy atom. The summed E-state index contributed by atoms with van der Waals surface area (Å²) >= 11 is 0. The van der Waals surface area contributed by atoms with E-state index in [0.29, 0.717) is 0 Å². The van der Waals surface area contributed by atoms with Crippen LogP contribution >= 0.6 is 7.29 Å². The van der Waals surface area contributed by atoms with E-state index in [2.05, 4.69) is 42.0 Å². The number of nitrogens with one attached hydrogen (secondary N) is 1. The van der Waals surface area contributed by atoms with E-state index in [1.54, 1.807) is 12.4 Å². The minimum atomic E-state index is -3.12. The average Bonchev–Trinajstić information content (AvgIpc) is 2.74. The summed E-state index contributed by atoms with van der Waals surface area (Å²) in [5.74, 6) is 0. The highest BCUT2D eigenvalue weighted by Gasteiger charge is 2.35. The molecule has 0 saturated heterocycles. The van der Waals surface area contributed by atoms with Gasteiger partial charge >= 0.3 is 0 Å². The molecule has 1 aromatic heterocycles. The molecule has 148 valence electrons. The number of rotatable bonds is 7. The largest absolute Gasteiger partial charge is 0.296 e. The first-order valence-corrected chi connectivity index (χ1v) is 14.9. The molecule has 29 heavy (non-hydrogen) atoms. The molecule has 0 radical (unpaired) electrons. The Labute approximate surface area is 174 Å². The Balaban J connectivity index is 2.19. The smallest absolute Gasteiger partial charge is 0.205 e. The van der Waals surface area contributed by atoms with Crippen LogP contribution in [0.25, 0.3) is 0 Å². The first kappa shape index (κ1) is 21.2. The fraction of sp³-hybridized carbons (Fsp3) is 0.167. The molecule has 1 N–H and O–H groups in total. The van der Waals surface area contributed by atoms with Crippen LogP contribution in [-0.4, -0.2) is 13.1 Å². The summed E-state index contributed by atoms with van der Waals surface area (Å²) < 4.78 is 14.6. The van der Waals surface area contributed by atoms with E-state index in [9.17, 15) is 4.57 Å². The molecule has 5 heteroatoms. The predicted molar refractivity (Wildman–Crippen MR) is 126 cm³/mol. The van der Waals surface area contributed by atoms with Gasteiger partial charge in [0, 0.05) is 23.0 Å². The summed E-state index contributed by atoms with van der Waals surface area (Å²) in [7, 11) is -4.91. The van der Waals surface area contributed by atoms with Crippen molar-refractivity contribution in [3.8, 4) is 0 Å². The molecule has 0 aliphatic carbocycles. The van der Waals surface area contributed by atoms with Crippen molar-refractivity contribution in [3.05, 3.63) is 108 Å². The Kier molecular flexibility index (Phi) is 6.51. The molecule has 0 spiro atoms. The lowest BCUT2D eigenvalue weighted by atomic mass is 10.1. The number of pyridine rings is 1. The number of aromatic nitrogens is 1. The fourth-order valence-corrected chi connectivity index (χ4v) is 7.60. The van der Waals surface area contributed by atoms with Gasteiger partial charge in [0.2, 0.25) is 7.29 Å². The molecule has 3 aromatic rings. The summed E-state index contributed by atoms with van der Waals surface area (Å²) in [6, 6.07) is 23.0. The van der Waals surface area contributed by atoms with Crippen LogP contribution in [0.2, 0.25) is 19.6 Å². The Bertz CT molecular complexity index is 997. The predicted octanol–water partition coefficient (Wildman–Crippen LogP) is 5.23. The Hall–Kier alpha value is -2.48. The summed E-state index contributed by atoms with van der Waals surface area (Å²) in [6.45, 7) is 10.7. The lowest BCUT2D eigenvalue weighted by Gasteiger charge is -2.32. The van der Waals surface area contributed by atoms with Crippen LogP contribution in [0.3, 0.4) is 0 Å². The van der Waals surface area contributed by atoms with Crippen LogP contribution in [0.1, 0.15) is 11.6 Å². The molecule has 0 saturated carbocycles. The van der Waals surface area contributed by atoms with E-state index < -0.39 is 15.4 Å². The summed E-state index contributed by atoms with van der Waals surface area (Å²) in [6.07, 6.45) is 3.54. The molecule has 1 atom stereocenters. The van der Waals surface area contributed by atoms with Crippen molar-refractivity contribution in [1.29, 1.82) is 0 Å². The van der Waals surface area contributed by atoms with Crippen molar-refractivity contribution < 1.29 is 4.57 Å². The highest BCUT2D eigenvalue weighted by molar-refractivity contribution is 7.76. The first-order valence-electron chi connectivity index (χ1n) is 9.65. The zero-order chi connectivity index (χ0) is 20.9. The van der Waals surface area contributed by atoms with Gasteiger partial charge in [-0.25, -0.2) is 5.09 Å². The van der Waals surface area contributed by atoms with E-state index in [0.717, 1.165) is 21.4 Å². The molecule has 0 fully saturated rings. The maximum Gasteiger partial charge on any atom is 0.205 e. The molecule has 0 bridgehead atoms. The van der Waals surface area contributed by atoms with Crippen molar-refractivity contribution in [2.24, 2.45) is 0 Å². The Morgan fingerprint density at radius 1 is 0.931 bits per heavy atom. The van der Waals surface area contributed by atoms with Gasteiger partial charge in [0.15, 0.2) is 0 Å². The van der Waals surface area contributed by atoms with Crippen LogP contribution in [-0.2, 0) is 4.57 Å². The molecule has 1 unspecified atom stereocenters. The van der Waals surface area contributed by atoms with Gasteiger partial charge in [-0.2, -0.15) is 0 Å². The van der Waals surface area contributed by atoms with Crippen LogP contribution in [0.5, 0.6) is 0 Å². The van der Waals surface area contributed by atoms with E-state index in [-0.39, 0.29) is 6.04 Å². The molecule has 0 aliphatic rings. The summed E-state index contributed by atoms with van der Waals surface area (Å²) in [5, 5.41) is 6.22. The second-order valence-corrected chi connectivity index (χ2v) is 15.5. The second-order valence-electron chi connectivity index (χ2n) is 7.96. The van der Waals surface area contributed by atoms with E-state index >= 15 is 0 Å². The normalized spacial score (nSPS) is 12.8. The fourth-order valence-electron chi connectivity index (χ4n) is 3.42. The van der Waals surface area contributed by atoms with Crippen LogP contribution in [0.4, 0.5) is 0 Å². The minimum absolute atomic E-state index is 0.256. The zero-order valence-electron chi connectivity index (χ0n) is 17.2. The molecule has 3 nitrogen and oxygen atoms in total. The summed E-state index contributed by atoms with van der Waals surface area (Å²) in [4.78, 5) is 4.16. The maximum absolute atomic E-state index is 14.6. The average molecular weight is 419 g/mol. The molecule has 0 aliphatic heterocycles. The monoisotopic (exact) mass is 418 g/mol. The number of hydrogen-bond acceptors (Lipinski definition) is 2. The highest BCUT2D eigenvalue weighted by atomic mass is 31.2. The molecule has 1 heterocycles. The lowest BCUT2D eigenvalue weighted by Crippen LogP contribution is -2.37. The maximum atomic E-state index is 14.6. The Morgan fingerprint density at radius 3 is 1.83 bits per heavy atom. The van der Waals surface area contributed by atoms with Crippen molar-refractivity contribution in [2.75, 3.05) is 0 Å². The third kappa shape index (κ3) is 4.75. The van der Waals surface area contributed by atoms with E-state index in [1.807, 2.05) is 72.8 Å². The molecular formula is C24H27N2OPSi. The number of hydrogen-bond donors (Lipinski definition) is 1. The van der Waals surface area contributed by atoms with Crippen LogP contribution < -0.4 is 15.7 Å². The van der Waals surface area contributed by atoms with Crippen LogP contribution in [0, 0.1) is 0 Å². The van der Waals surface area contributed by atoms with Gasteiger partial charge in [-0.1, -0.05) is 62.6 Å². The van der Waals surface area contributed by atoms with Crippen LogP contribution in [0.15, 0.2) is 103 Å². The van der Waals surface area contributed by atoms with Gasteiger partial charge in [-0.15, -0.1) is 5.73 Å². The van der Waals surface area contributed by atoms with Gasteiger partial charge in [0.1, 0.15) is 0 Å². The van der Waals surface area contributed by atoms with Crippen molar-refractivity contribution >= 4 is 26.0 Å². The topological polar surface area (TPSA) is 42.0 Å². The first-order chi connectivity index (χ1) is 13.9. The summed E-state index contributed by atoms with van der Waals surface area (Å²) in [5.41, 5.74) is 4.20. The van der Waals surface area contributed by atoms with Crippen molar-refractivity contribution in [2.45, 2.75) is 25.7 Å². The van der Waals surface area contributed by atoms with Gasteiger partial charge < -0.3 is 0 Å². The lowest BCUT2D eigenvalue weighted by molar-refractivity contribution is 0.572. The van der Waals surface area contributed by atoms with E-state index in [4.69, 9.17) is 0 Å². The standard InChI is InChI=1S/C24H27N2OPSi/c1-5-23(29(2,3)4)24(20-16-18-25-19-17-20)26-28(27,21-12-8-6-9-13-21)22-14-10-7-11-15-22/h6-19,24H,1H2,2-4H3,(H,26,27). The second kappa shape index (κ2) is 8.90. The number of nitrogens with zero attached hydrogens (tertiary/aromatic N) is 1. The molecule has 2 aromatic carbocycles. The third-order valence-electron chi connectivity index (χ3n) is 4.88. The van der Waals surface area contributed by atoms with Crippen molar-refractivity contribution in [3.63, 3.8) is 0 Å². The van der Waals surface area contributed by atoms with Gasteiger partial charge in [0.05, 0.1) is 14.1 Å². The molecule has 3 rings (SSSR count). The SMILES string of the molecule is C=C=C(C(NP(=O)(c1ccccc1)c1ccccc1)c1ccncc1)[Si](C)(C)C. The van der Waals surface area contributed by atoms with Crippen molar-refractivity contribution in [1.82, 2.24) is 10.1 Å². The minimum Gasteiger partial charge on any atom is -0.296 e. The van der Waals surface area contributed by atoms with Gasteiger partial charge in [0.25, 0.3) is 0 Å².